The lowest BCUT2D eigenvalue weighted by Gasteiger charge is -2.06. The molecule has 0 aliphatic carbocycles. The summed E-state index contributed by atoms with van der Waals surface area (Å²) >= 11 is 0. The van der Waals surface area contributed by atoms with E-state index >= 15 is 0 Å². The summed E-state index contributed by atoms with van der Waals surface area (Å²) in [6, 6.07) is 14.0. The van der Waals surface area contributed by atoms with Gasteiger partial charge in [-0.3, -0.25) is 0 Å². The van der Waals surface area contributed by atoms with E-state index in [-0.39, 0.29) is 0 Å². The fourth-order valence-electron chi connectivity index (χ4n) is 2.13. The topological polar surface area (TPSA) is 47.0 Å². The molecule has 0 spiro atoms. The number of hydrogen-bond donors (Lipinski definition) is 1. The van der Waals surface area contributed by atoms with Gasteiger partial charge in [-0.1, -0.05) is 18.2 Å². The zero-order valence-corrected chi connectivity index (χ0v) is 11.4. The second-order valence-corrected chi connectivity index (χ2v) is 4.44. The Labute approximate surface area is 117 Å². The second kappa shape index (κ2) is 5.17. The lowest BCUT2D eigenvalue weighted by molar-refractivity contribution is 0.415. The van der Waals surface area contributed by atoms with Gasteiger partial charge in [0.25, 0.3) is 0 Å². The normalized spacial score (nSPS) is 10.5. The molecule has 4 nitrogen and oxygen atoms in total. The van der Waals surface area contributed by atoms with Gasteiger partial charge in [-0.2, -0.15) is 0 Å². The van der Waals surface area contributed by atoms with Gasteiger partial charge in [0.05, 0.1) is 7.11 Å². The monoisotopic (exact) mass is 265 g/mol. The first-order valence-electron chi connectivity index (χ1n) is 6.39. The van der Waals surface area contributed by atoms with Gasteiger partial charge in [-0.15, -0.1) is 0 Å². The molecule has 0 saturated carbocycles. The van der Waals surface area contributed by atoms with Crippen molar-refractivity contribution < 1.29 is 4.74 Å². The minimum atomic E-state index is 0.717. The molecule has 0 saturated heterocycles. The van der Waals surface area contributed by atoms with E-state index < -0.39 is 0 Å². The fourth-order valence-corrected chi connectivity index (χ4v) is 2.13. The van der Waals surface area contributed by atoms with Crippen LogP contribution in [0.4, 0.5) is 5.82 Å². The Morgan fingerprint density at radius 2 is 1.80 bits per heavy atom. The summed E-state index contributed by atoms with van der Waals surface area (Å²) in [6.45, 7) is 0. The minimum Gasteiger partial charge on any atom is -0.497 e. The average molecular weight is 265 g/mol. The van der Waals surface area contributed by atoms with Gasteiger partial charge in [-0.05, 0) is 35.0 Å². The number of benzene rings is 2. The van der Waals surface area contributed by atoms with Crippen molar-refractivity contribution >= 4 is 16.6 Å². The molecule has 0 unspecified atom stereocenters. The number of aromatic nitrogens is 2. The first kappa shape index (κ1) is 12.4. The summed E-state index contributed by atoms with van der Waals surface area (Å²) in [5, 5.41) is 5.30. The van der Waals surface area contributed by atoms with Gasteiger partial charge in [0.1, 0.15) is 11.6 Å². The Morgan fingerprint density at radius 3 is 2.60 bits per heavy atom. The van der Waals surface area contributed by atoms with Crippen molar-refractivity contribution in [3.63, 3.8) is 0 Å². The molecule has 1 N–H and O–H groups in total. The Balaban J connectivity index is 2.08. The predicted molar refractivity (Wildman–Crippen MR) is 81.1 cm³/mol. The van der Waals surface area contributed by atoms with E-state index in [2.05, 4.69) is 27.4 Å². The zero-order chi connectivity index (χ0) is 13.9. The Hall–Kier alpha value is -2.62. The van der Waals surface area contributed by atoms with Crippen molar-refractivity contribution in [2.24, 2.45) is 0 Å². The summed E-state index contributed by atoms with van der Waals surface area (Å²) in [5.74, 6) is 2.39. The van der Waals surface area contributed by atoms with E-state index in [9.17, 15) is 0 Å². The maximum Gasteiger partial charge on any atom is 0.161 e. The molecule has 1 heterocycles. The summed E-state index contributed by atoms with van der Waals surface area (Å²) in [5.41, 5.74) is 1.000. The van der Waals surface area contributed by atoms with Gasteiger partial charge in [0.15, 0.2) is 5.82 Å². The molecule has 0 aliphatic heterocycles. The molecule has 20 heavy (non-hydrogen) atoms. The quantitative estimate of drug-likeness (QED) is 0.789. The molecule has 0 amide bonds. The molecule has 2 aromatic carbocycles. The van der Waals surface area contributed by atoms with Gasteiger partial charge in [-0.25, -0.2) is 9.97 Å². The lowest BCUT2D eigenvalue weighted by atomic mass is 10.1. The number of hydrogen-bond acceptors (Lipinski definition) is 4. The van der Waals surface area contributed by atoms with Crippen LogP contribution in [0.2, 0.25) is 0 Å². The molecule has 4 heteroatoms. The predicted octanol–water partition coefficient (Wildman–Crippen LogP) is 3.35. The summed E-state index contributed by atoms with van der Waals surface area (Å²) in [7, 11) is 3.52. The highest BCUT2D eigenvalue weighted by molar-refractivity contribution is 5.87. The van der Waals surface area contributed by atoms with Crippen LogP contribution in [0.25, 0.3) is 22.2 Å². The Morgan fingerprint density at radius 1 is 1.00 bits per heavy atom. The number of rotatable bonds is 3. The first-order valence-corrected chi connectivity index (χ1v) is 6.39. The van der Waals surface area contributed by atoms with Crippen LogP contribution in [0.3, 0.4) is 0 Å². The third kappa shape index (κ3) is 2.28. The summed E-state index contributed by atoms with van der Waals surface area (Å²) in [6.07, 6.45) is 1.76. The molecule has 100 valence electrons. The molecule has 0 fully saturated rings. The van der Waals surface area contributed by atoms with Crippen molar-refractivity contribution in [3.8, 4) is 17.1 Å². The molecule has 0 bridgehead atoms. The summed E-state index contributed by atoms with van der Waals surface area (Å²) in [4.78, 5) is 8.78. The molecule has 0 radical (unpaired) electrons. The van der Waals surface area contributed by atoms with E-state index in [0.717, 1.165) is 33.7 Å². The number of anilines is 1. The third-order valence-electron chi connectivity index (χ3n) is 3.22. The van der Waals surface area contributed by atoms with Gasteiger partial charge < -0.3 is 10.1 Å². The molecular formula is C16H15N3O. The van der Waals surface area contributed by atoms with Crippen LogP contribution in [-0.4, -0.2) is 24.1 Å². The van der Waals surface area contributed by atoms with E-state index in [1.54, 1.807) is 13.3 Å². The van der Waals surface area contributed by atoms with Crippen molar-refractivity contribution in [2.75, 3.05) is 19.5 Å². The number of fused-ring (bicyclic) bond motifs is 1. The number of nitrogens with zero attached hydrogens (tertiary/aromatic N) is 2. The van der Waals surface area contributed by atoms with Crippen molar-refractivity contribution in [1.82, 2.24) is 9.97 Å². The van der Waals surface area contributed by atoms with E-state index in [0.29, 0.717) is 0 Å². The highest BCUT2D eigenvalue weighted by atomic mass is 16.5. The van der Waals surface area contributed by atoms with Crippen molar-refractivity contribution in [3.05, 3.63) is 48.7 Å². The maximum absolute atomic E-state index is 5.23. The van der Waals surface area contributed by atoms with Crippen molar-refractivity contribution in [1.29, 1.82) is 0 Å². The van der Waals surface area contributed by atoms with E-state index in [1.165, 1.54) is 0 Å². The summed E-state index contributed by atoms with van der Waals surface area (Å²) < 4.78 is 5.23. The molecular weight excluding hydrogens is 250 g/mol. The van der Waals surface area contributed by atoms with Crippen LogP contribution >= 0.6 is 0 Å². The van der Waals surface area contributed by atoms with E-state index in [4.69, 9.17) is 4.74 Å². The van der Waals surface area contributed by atoms with Crippen LogP contribution < -0.4 is 10.1 Å². The molecule has 0 atom stereocenters. The average Bonchev–Trinajstić information content (AvgIpc) is 2.54. The smallest absolute Gasteiger partial charge is 0.161 e. The fraction of sp³-hybridized carbons (Fsp3) is 0.125. The number of methoxy groups -OCH3 is 1. The Kier molecular flexibility index (Phi) is 3.21. The molecule has 1 aromatic heterocycles. The zero-order valence-electron chi connectivity index (χ0n) is 11.4. The Bertz CT molecular complexity index is 756. The SMILES string of the molecule is CNc1ccnc(-c2ccc3cc(OC)ccc3c2)n1. The lowest BCUT2D eigenvalue weighted by Crippen LogP contribution is -1.95. The highest BCUT2D eigenvalue weighted by Crippen LogP contribution is 2.25. The first-order chi connectivity index (χ1) is 9.80. The third-order valence-corrected chi connectivity index (χ3v) is 3.22. The number of ether oxygens (including phenoxy) is 1. The van der Waals surface area contributed by atoms with Crippen LogP contribution in [-0.2, 0) is 0 Å². The number of nitrogens with one attached hydrogen (secondary N) is 1. The largest absolute Gasteiger partial charge is 0.497 e. The standard InChI is InChI=1S/C16H15N3O/c1-17-15-7-8-18-16(19-15)13-4-3-12-10-14(20-2)6-5-11(12)9-13/h3-10H,1-2H3,(H,17,18,19). The molecule has 3 rings (SSSR count). The van der Waals surface area contributed by atoms with Crippen LogP contribution in [0.5, 0.6) is 5.75 Å². The van der Waals surface area contributed by atoms with Crippen molar-refractivity contribution in [2.45, 2.75) is 0 Å². The minimum absolute atomic E-state index is 0.717. The van der Waals surface area contributed by atoms with Gasteiger partial charge in [0, 0.05) is 18.8 Å². The van der Waals surface area contributed by atoms with Crippen LogP contribution in [0, 0.1) is 0 Å². The van der Waals surface area contributed by atoms with Gasteiger partial charge in [0.2, 0.25) is 0 Å². The molecule has 3 aromatic rings. The van der Waals surface area contributed by atoms with Crippen LogP contribution in [0.15, 0.2) is 48.7 Å². The second-order valence-electron chi connectivity index (χ2n) is 4.44. The van der Waals surface area contributed by atoms with Crippen LogP contribution in [0.1, 0.15) is 0 Å². The van der Waals surface area contributed by atoms with Gasteiger partial charge >= 0.3 is 0 Å². The van der Waals surface area contributed by atoms with E-state index in [1.807, 2.05) is 37.4 Å². The maximum atomic E-state index is 5.23. The highest BCUT2D eigenvalue weighted by Gasteiger charge is 2.04. The molecule has 0 aliphatic rings.